The number of phenols is 2. The quantitative estimate of drug-likeness (QED) is 0.778. The highest BCUT2D eigenvalue weighted by Gasteiger charge is 2.31. The number of phenolic OH excluding ortho intramolecular Hbond substituents is 2. The molecule has 2 aromatic carbocycles. The summed E-state index contributed by atoms with van der Waals surface area (Å²) in [6, 6.07) is 7.23. The molecule has 0 bridgehead atoms. The number of Topliss-reactive ketones (excluding diaryl/α,β-unsaturated/α-hetero) is 1. The summed E-state index contributed by atoms with van der Waals surface area (Å²) >= 11 is 11.7. The molecule has 0 aliphatic carbocycles. The maximum atomic E-state index is 12.2. The molecule has 0 amide bonds. The van der Waals surface area contributed by atoms with Gasteiger partial charge in [-0.1, -0.05) is 29.3 Å². The monoisotopic (exact) mass is 322 g/mol. The average Bonchev–Trinajstić information content (AvgIpc) is 2.70. The van der Waals surface area contributed by atoms with Crippen LogP contribution in [0.25, 0.3) is 6.08 Å². The van der Waals surface area contributed by atoms with Crippen LogP contribution in [-0.4, -0.2) is 16.0 Å². The van der Waals surface area contributed by atoms with Gasteiger partial charge in [-0.15, -0.1) is 0 Å². The third kappa shape index (κ3) is 2.44. The minimum absolute atomic E-state index is 0.0270. The maximum absolute atomic E-state index is 12.2. The number of ketones is 1. The standard InChI is InChI=1S/C15H8Cl2O4/c16-9-2-1-7(3-10(9)17)4-13-15(20)14-11(19)5-8(18)6-12(14)21-13/h1-6,18-19H/b13-4-. The van der Waals surface area contributed by atoms with E-state index in [1.807, 2.05) is 0 Å². The third-order valence-electron chi connectivity index (χ3n) is 2.98. The Morgan fingerprint density at radius 1 is 1.05 bits per heavy atom. The molecule has 4 nitrogen and oxygen atoms in total. The fourth-order valence-electron chi connectivity index (χ4n) is 2.03. The van der Waals surface area contributed by atoms with E-state index in [0.717, 1.165) is 6.07 Å². The first kappa shape index (κ1) is 13.8. The number of allylic oxidation sites excluding steroid dienone is 1. The van der Waals surface area contributed by atoms with Crippen LogP contribution in [-0.2, 0) is 0 Å². The van der Waals surface area contributed by atoms with Gasteiger partial charge in [0.2, 0.25) is 5.78 Å². The van der Waals surface area contributed by atoms with Crippen LogP contribution in [0.5, 0.6) is 17.2 Å². The van der Waals surface area contributed by atoms with E-state index in [4.69, 9.17) is 27.9 Å². The number of hydrogen-bond acceptors (Lipinski definition) is 4. The van der Waals surface area contributed by atoms with E-state index >= 15 is 0 Å². The fourth-order valence-corrected chi connectivity index (χ4v) is 2.34. The Morgan fingerprint density at radius 2 is 1.81 bits per heavy atom. The summed E-state index contributed by atoms with van der Waals surface area (Å²) in [5.74, 6) is -0.830. The lowest BCUT2D eigenvalue weighted by Crippen LogP contribution is -1.98. The Bertz CT molecular complexity index is 797. The maximum Gasteiger partial charge on any atom is 0.235 e. The van der Waals surface area contributed by atoms with Gasteiger partial charge in [0.1, 0.15) is 22.8 Å². The second kappa shape index (κ2) is 4.98. The molecule has 0 atom stereocenters. The van der Waals surface area contributed by atoms with Gasteiger partial charge in [0.05, 0.1) is 10.0 Å². The van der Waals surface area contributed by atoms with Crippen LogP contribution in [0.1, 0.15) is 15.9 Å². The van der Waals surface area contributed by atoms with Crippen molar-refractivity contribution in [2.75, 3.05) is 0 Å². The van der Waals surface area contributed by atoms with Crippen LogP contribution in [0.15, 0.2) is 36.1 Å². The predicted octanol–water partition coefficient (Wildman–Crippen LogP) is 4.02. The van der Waals surface area contributed by atoms with Gasteiger partial charge < -0.3 is 14.9 Å². The summed E-state index contributed by atoms with van der Waals surface area (Å²) in [6.45, 7) is 0. The second-order valence-electron chi connectivity index (χ2n) is 4.45. The molecule has 0 radical (unpaired) electrons. The number of ether oxygens (including phenoxy) is 1. The van der Waals surface area contributed by atoms with Gasteiger partial charge >= 0.3 is 0 Å². The van der Waals surface area contributed by atoms with Gasteiger partial charge in [-0.25, -0.2) is 0 Å². The molecule has 0 saturated heterocycles. The molecule has 0 saturated carbocycles. The third-order valence-corrected chi connectivity index (χ3v) is 3.72. The predicted molar refractivity (Wildman–Crippen MR) is 79.2 cm³/mol. The van der Waals surface area contributed by atoms with E-state index in [-0.39, 0.29) is 28.6 Å². The summed E-state index contributed by atoms with van der Waals surface area (Å²) in [4.78, 5) is 12.2. The Hall–Kier alpha value is -2.17. The molecule has 106 valence electrons. The lowest BCUT2D eigenvalue weighted by Gasteiger charge is -2.01. The number of hydrogen-bond donors (Lipinski definition) is 2. The Labute approximate surface area is 129 Å². The highest BCUT2D eigenvalue weighted by molar-refractivity contribution is 6.42. The van der Waals surface area contributed by atoms with Gasteiger partial charge in [0, 0.05) is 12.1 Å². The number of aromatic hydroxyl groups is 2. The Balaban J connectivity index is 2.03. The first-order chi connectivity index (χ1) is 9.95. The summed E-state index contributed by atoms with van der Waals surface area (Å²) < 4.78 is 5.37. The molecule has 0 unspecified atom stereocenters. The minimum atomic E-state index is -0.464. The average molecular weight is 323 g/mol. The zero-order chi connectivity index (χ0) is 15.1. The lowest BCUT2D eigenvalue weighted by molar-refractivity contribution is 0.101. The number of fused-ring (bicyclic) bond motifs is 1. The summed E-state index contributed by atoms with van der Waals surface area (Å²) in [6.07, 6.45) is 1.49. The molecular formula is C15H8Cl2O4. The molecule has 0 aromatic heterocycles. The highest BCUT2D eigenvalue weighted by atomic mass is 35.5. The van der Waals surface area contributed by atoms with Crippen molar-refractivity contribution in [1.82, 2.24) is 0 Å². The SMILES string of the molecule is O=C1/C(=C/c2ccc(Cl)c(Cl)c2)Oc2cc(O)cc(O)c21. The lowest BCUT2D eigenvalue weighted by atomic mass is 10.1. The zero-order valence-corrected chi connectivity index (χ0v) is 11.9. The minimum Gasteiger partial charge on any atom is -0.508 e. The van der Waals surface area contributed by atoms with Crippen molar-refractivity contribution in [3.05, 3.63) is 57.3 Å². The first-order valence-corrected chi connectivity index (χ1v) is 6.66. The Kier molecular flexibility index (Phi) is 3.27. The highest BCUT2D eigenvalue weighted by Crippen LogP contribution is 2.40. The zero-order valence-electron chi connectivity index (χ0n) is 10.4. The van der Waals surface area contributed by atoms with Crippen molar-refractivity contribution in [3.8, 4) is 17.2 Å². The largest absolute Gasteiger partial charge is 0.508 e. The van der Waals surface area contributed by atoms with Crippen LogP contribution in [0.2, 0.25) is 10.0 Å². The van der Waals surface area contributed by atoms with Crippen molar-refractivity contribution >= 4 is 35.1 Å². The van der Waals surface area contributed by atoms with Crippen molar-refractivity contribution in [2.24, 2.45) is 0 Å². The molecule has 3 rings (SSSR count). The molecule has 0 fully saturated rings. The van der Waals surface area contributed by atoms with Gasteiger partial charge in [-0.2, -0.15) is 0 Å². The summed E-state index contributed by atoms with van der Waals surface area (Å²) in [7, 11) is 0. The van der Waals surface area contributed by atoms with Crippen LogP contribution < -0.4 is 4.74 Å². The van der Waals surface area contributed by atoms with E-state index in [1.165, 1.54) is 12.1 Å². The Morgan fingerprint density at radius 3 is 2.52 bits per heavy atom. The van der Waals surface area contributed by atoms with E-state index in [0.29, 0.717) is 15.6 Å². The van der Waals surface area contributed by atoms with Gasteiger partial charge in [0.15, 0.2) is 5.76 Å². The molecule has 1 aliphatic rings. The fraction of sp³-hybridized carbons (Fsp3) is 0. The number of halogens is 2. The second-order valence-corrected chi connectivity index (χ2v) is 5.27. The number of carbonyl (C=O) groups excluding carboxylic acids is 1. The van der Waals surface area contributed by atoms with Gasteiger partial charge in [-0.3, -0.25) is 4.79 Å². The molecule has 1 aliphatic heterocycles. The van der Waals surface area contributed by atoms with Crippen molar-refractivity contribution in [1.29, 1.82) is 0 Å². The van der Waals surface area contributed by atoms with Crippen molar-refractivity contribution in [2.45, 2.75) is 0 Å². The van der Waals surface area contributed by atoms with E-state index in [9.17, 15) is 15.0 Å². The number of benzene rings is 2. The first-order valence-electron chi connectivity index (χ1n) is 5.91. The van der Waals surface area contributed by atoms with E-state index < -0.39 is 5.78 Å². The molecule has 2 aromatic rings. The van der Waals surface area contributed by atoms with Gasteiger partial charge in [0.25, 0.3) is 0 Å². The van der Waals surface area contributed by atoms with Crippen molar-refractivity contribution in [3.63, 3.8) is 0 Å². The van der Waals surface area contributed by atoms with E-state index in [1.54, 1.807) is 18.2 Å². The summed E-state index contributed by atoms with van der Waals surface area (Å²) in [5, 5.41) is 19.9. The van der Waals surface area contributed by atoms with Crippen LogP contribution in [0, 0.1) is 0 Å². The number of carbonyl (C=O) groups is 1. The topological polar surface area (TPSA) is 66.8 Å². The molecule has 21 heavy (non-hydrogen) atoms. The van der Waals surface area contributed by atoms with Gasteiger partial charge in [-0.05, 0) is 23.8 Å². The smallest absolute Gasteiger partial charge is 0.235 e. The molecule has 6 heteroatoms. The molecule has 1 heterocycles. The normalized spacial score (nSPS) is 15.1. The van der Waals surface area contributed by atoms with E-state index in [2.05, 4.69) is 0 Å². The van der Waals surface area contributed by atoms with Crippen molar-refractivity contribution < 1.29 is 19.7 Å². The van der Waals surface area contributed by atoms with Crippen LogP contribution in [0.3, 0.4) is 0 Å². The van der Waals surface area contributed by atoms with Crippen LogP contribution in [0.4, 0.5) is 0 Å². The number of rotatable bonds is 1. The molecule has 2 N–H and O–H groups in total. The molecular weight excluding hydrogens is 315 g/mol. The van der Waals surface area contributed by atoms with Crippen LogP contribution >= 0.6 is 23.2 Å². The summed E-state index contributed by atoms with van der Waals surface area (Å²) in [5.41, 5.74) is 0.656. The molecule has 0 spiro atoms.